The zero-order valence-electron chi connectivity index (χ0n) is 48.7. The maximum atomic E-state index is 12.9. The highest BCUT2D eigenvalue weighted by Gasteiger charge is 2.19. The molecule has 0 rings (SSSR count). The van der Waals surface area contributed by atoms with Gasteiger partial charge in [0, 0.05) is 19.3 Å². The number of hydrogen-bond donors (Lipinski definition) is 0. The van der Waals surface area contributed by atoms with Crippen LogP contribution in [0.25, 0.3) is 0 Å². The molecule has 0 spiro atoms. The first-order valence-corrected chi connectivity index (χ1v) is 31.8. The fourth-order valence-corrected chi connectivity index (χ4v) is 9.25. The maximum absolute atomic E-state index is 12.9. The zero-order chi connectivity index (χ0) is 52.9. The number of unbranched alkanes of at least 4 members (excludes halogenated alkanes) is 37. The van der Waals surface area contributed by atoms with Crippen molar-refractivity contribution in [3.63, 3.8) is 0 Å². The third-order valence-electron chi connectivity index (χ3n) is 14.0. The lowest BCUT2D eigenvalue weighted by atomic mass is 10.0. The number of esters is 3. The number of hydrogen-bond acceptors (Lipinski definition) is 6. The van der Waals surface area contributed by atoms with Crippen molar-refractivity contribution >= 4 is 17.9 Å². The molecule has 0 aromatic heterocycles. The van der Waals surface area contributed by atoms with Crippen molar-refractivity contribution < 1.29 is 28.6 Å². The van der Waals surface area contributed by atoms with Crippen LogP contribution in [-0.2, 0) is 28.6 Å². The van der Waals surface area contributed by atoms with Gasteiger partial charge >= 0.3 is 17.9 Å². The first kappa shape index (κ1) is 70.1. The number of carbonyl (C=O) groups is 3. The number of ether oxygens (including phenoxy) is 3. The van der Waals surface area contributed by atoms with E-state index in [1.165, 1.54) is 205 Å². The molecule has 0 aromatic carbocycles. The van der Waals surface area contributed by atoms with Gasteiger partial charge in [-0.05, 0) is 83.5 Å². The Bertz CT molecular complexity index is 1310. The van der Waals surface area contributed by atoms with Gasteiger partial charge in [0.25, 0.3) is 0 Å². The number of rotatable bonds is 58. The van der Waals surface area contributed by atoms with Crippen molar-refractivity contribution in [3.8, 4) is 0 Å². The van der Waals surface area contributed by atoms with Crippen LogP contribution < -0.4 is 0 Å². The molecular weight excluding hydrogens is 901 g/mol. The third kappa shape index (κ3) is 59.9. The molecule has 1 atom stereocenters. The summed E-state index contributed by atoms with van der Waals surface area (Å²) in [5.41, 5.74) is 0. The Hall–Kier alpha value is -2.89. The van der Waals surface area contributed by atoms with Gasteiger partial charge in [0.1, 0.15) is 13.2 Å². The van der Waals surface area contributed by atoms with Crippen molar-refractivity contribution in [2.24, 2.45) is 0 Å². The van der Waals surface area contributed by atoms with Crippen LogP contribution in [0.3, 0.4) is 0 Å². The molecule has 0 aliphatic rings. The molecule has 0 aliphatic heterocycles. The molecule has 0 heterocycles. The zero-order valence-corrected chi connectivity index (χ0v) is 48.7. The van der Waals surface area contributed by atoms with Gasteiger partial charge in [-0.3, -0.25) is 14.4 Å². The maximum Gasteiger partial charge on any atom is 0.306 e. The molecule has 0 aliphatic carbocycles. The number of allylic oxidation sites excluding steroid dienone is 10. The summed E-state index contributed by atoms with van der Waals surface area (Å²) >= 11 is 0. The lowest BCUT2D eigenvalue weighted by Crippen LogP contribution is -2.30. The third-order valence-corrected chi connectivity index (χ3v) is 14.0. The molecule has 73 heavy (non-hydrogen) atoms. The highest BCUT2D eigenvalue weighted by atomic mass is 16.6. The van der Waals surface area contributed by atoms with Crippen LogP contribution in [0, 0.1) is 0 Å². The van der Waals surface area contributed by atoms with E-state index >= 15 is 0 Å². The van der Waals surface area contributed by atoms with Gasteiger partial charge < -0.3 is 14.2 Å². The van der Waals surface area contributed by atoms with Crippen molar-refractivity contribution in [1.82, 2.24) is 0 Å². The highest BCUT2D eigenvalue weighted by Crippen LogP contribution is 2.17. The highest BCUT2D eigenvalue weighted by molar-refractivity contribution is 5.71. The summed E-state index contributed by atoms with van der Waals surface area (Å²) in [7, 11) is 0. The van der Waals surface area contributed by atoms with Crippen LogP contribution in [0.4, 0.5) is 0 Å². The van der Waals surface area contributed by atoms with Crippen molar-refractivity contribution in [2.45, 2.75) is 335 Å². The normalized spacial score (nSPS) is 12.4. The van der Waals surface area contributed by atoms with Crippen LogP contribution in [0.5, 0.6) is 0 Å². The second-order valence-corrected chi connectivity index (χ2v) is 21.3. The van der Waals surface area contributed by atoms with Gasteiger partial charge in [0.05, 0.1) is 0 Å². The Morgan fingerprint density at radius 2 is 0.534 bits per heavy atom. The average molecular weight is 1020 g/mol. The van der Waals surface area contributed by atoms with E-state index < -0.39 is 6.10 Å². The van der Waals surface area contributed by atoms with Gasteiger partial charge in [-0.15, -0.1) is 0 Å². The number of carbonyl (C=O) groups excluding carboxylic acids is 3. The fourth-order valence-electron chi connectivity index (χ4n) is 9.25. The van der Waals surface area contributed by atoms with E-state index in [0.29, 0.717) is 19.3 Å². The second-order valence-electron chi connectivity index (χ2n) is 21.3. The van der Waals surface area contributed by atoms with Crippen molar-refractivity contribution in [2.75, 3.05) is 13.2 Å². The van der Waals surface area contributed by atoms with Crippen LogP contribution in [-0.4, -0.2) is 37.2 Å². The molecule has 0 N–H and O–H groups in total. The Kier molecular flexibility index (Phi) is 59.2. The van der Waals surface area contributed by atoms with Gasteiger partial charge in [-0.2, -0.15) is 0 Å². The Morgan fingerprint density at radius 1 is 0.288 bits per heavy atom. The molecule has 0 radical (unpaired) electrons. The molecule has 0 fully saturated rings. The minimum Gasteiger partial charge on any atom is -0.462 e. The standard InChI is InChI=1S/C67H120O6/c1-4-7-10-13-16-19-22-25-28-30-31-32-33-34-35-37-39-42-45-48-51-54-57-60-66(69)72-63-64(62-71-65(68)59-56-53-50-47-44-41-38-27-24-21-18-15-12-9-6-3)73-67(70)61-58-55-52-49-46-43-40-36-29-26-23-20-17-14-11-8-5-2/h7,10,16,19,25-26,28-29,31-32,64H,4-6,8-9,11-15,17-18,20-24,27,30,33-63H2,1-3H3/b10-7-,19-16-,28-25-,29-26-,32-31-. The van der Waals surface area contributed by atoms with E-state index in [1.807, 2.05) is 0 Å². The predicted octanol–water partition coefficient (Wildman–Crippen LogP) is 21.6. The smallest absolute Gasteiger partial charge is 0.306 e. The Morgan fingerprint density at radius 3 is 0.849 bits per heavy atom. The van der Waals surface area contributed by atoms with Gasteiger partial charge in [-0.25, -0.2) is 0 Å². The molecule has 0 bridgehead atoms. The second kappa shape index (κ2) is 61.7. The van der Waals surface area contributed by atoms with Gasteiger partial charge in [0.2, 0.25) is 0 Å². The monoisotopic (exact) mass is 1020 g/mol. The van der Waals surface area contributed by atoms with Crippen LogP contribution >= 0.6 is 0 Å². The molecule has 1 unspecified atom stereocenters. The summed E-state index contributed by atoms with van der Waals surface area (Å²) in [6.07, 6.45) is 77.9. The summed E-state index contributed by atoms with van der Waals surface area (Å²) in [6.45, 7) is 6.56. The Balaban J connectivity index is 4.33. The molecule has 0 amide bonds. The molecule has 6 heteroatoms. The Labute approximate surface area is 453 Å². The van der Waals surface area contributed by atoms with E-state index in [-0.39, 0.29) is 31.1 Å². The first-order valence-electron chi connectivity index (χ1n) is 31.8. The van der Waals surface area contributed by atoms with Crippen molar-refractivity contribution in [3.05, 3.63) is 60.8 Å². The van der Waals surface area contributed by atoms with E-state index in [4.69, 9.17) is 14.2 Å². The molecular formula is C67H120O6. The molecule has 0 saturated carbocycles. The quantitative estimate of drug-likeness (QED) is 0.0261. The van der Waals surface area contributed by atoms with Gasteiger partial charge in [-0.1, -0.05) is 287 Å². The fraction of sp³-hybridized carbons (Fsp3) is 0.806. The van der Waals surface area contributed by atoms with Crippen LogP contribution in [0.1, 0.15) is 329 Å². The lowest BCUT2D eigenvalue weighted by Gasteiger charge is -2.18. The SMILES string of the molecule is CC/C=C\C/C=C\C/C=C\C/C=C\CCCCCCCCCCCCC(=O)OCC(COC(=O)CCCCCCCCCCCCCCCCC)OC(=O)CCCCCCCCC/C=C\CCCCCCCC. The average Bonchev–Trinajstić information content (AvgIpc) is 3.39. The van der Waals surface area contributed by atoms with Crippen LogP contribution in [0.2, 0.25) is 0 Å². The lowest BCUT2D eigenvalue weighted by molar-refractivity contribution is -0.167. The molecule has 0 aromatic rings. The summed E-state index contributed by atoms with van der Waals surface area (Å²) in [4.78, 5) is 38.3. The summed E-state index contributed by atoms with van der Waals surface area (Å²) < 4.78 is 16.9. The summed E-state index contributed by atoms with van der Waals surface area (Å²) in [5, 5.41) is 0. The summed E-state index contributed by atoms with van der Waals surface area (Å²) in [5.74, 6) is -0.863. The molecule has 6 nitrogen and oxygen atoms in total. The summed E-state index contributed by atoms with van der Waals surface area (Å²) in [6, 6.07) is 0. The largest absolute Gasteiger partial charge is 0.462 e. The van der Waals surface area contributed by atoms with Crippen LogP contribution in [0.15, 0.2) is 60.8 Å². The predicted molar refractivity (Wildman–Crippen MR) is 316 cm³/mol. The van der Waals surface area contributed by atoms with E-state index in [1.54, 1.807) is 0 Å². The molecule has 424 valence electrons. The molecule has 0 saturated heterocycles. The van der Waals surface area contributed by atoms with E-state index in [9.17, 15) is 14.4 Å². The van der Waals surface area contributed by atoms with Gasteiger partial charge in [0.15, 0.2) is 6.10 Å². The van der Waals surface area contributed by atoms with E-state index in [0.717, 1.165) is 83.5 Å². The van der Waals surface area contributed by atoms with E-state index in [2.05, 4.69) is 81.5 Å². The first-order chi connectivity index (χ1) is 36.0. The topological polar surface area (TPSA) is 78.9 Å². The minimum absolute atomic E-state index is 0.0733. The minimum atomic E-state index is -0.777. The van der Waals surface area contributed by atoms with Crippen molar-refractivity contribution in [1.29, 1.82) is 0 Å².